The third-order valence-corrected chi connectivity index (χ3v) is 6.44. The van der Waals surface area contributed by atoms with Gasteiger partial charge in [0, 0.05) is 31.4 Å². The van der Waals surface area contributed by atoms with Gasteiger partial charge in [0.05, 0.1) is 25.0 Å². The number of rotatable bonds is 4. The maximum Gasteiger partial charge on any atom is 0.211 e. The molecule has 1 aromatic heterocycles. The Labute approximate surface area is 154 Å². The summed E-state index contributed by atoms with van der Waals surface area (Å²) in [5.74, 6) is 0.210. The number of nitrogens with one attached hydrogen (secondary N) is 1. The molecule has 6 nitrogen and oxygen atoms in total. The van der Waals surface area contributed by atoms with Gasteiger partial charge in [0.15, 0.2) is 5.78 Å². The molecule has 0 bridgehead atoms. The highest BCUT2D eigenvalue weighted by Gasteiger charge is 2.27. The van der Waals surface area contributed by atoms with Crippen molar-refractivity contribution in [1.29, 1.82) is 0 Å². The maximum absolute atomic E-state index is 12.0. The van der Waals surface area contributed by atoms with Gasteiger partial charge in [0.2, 0.25) is 10.0 Å². The Bertz CT molecular complexity index is 991. The van der Waals surface area contributed by atoms with E-state index in [4.69, 9.17) is 4.74 Å². The number of Topliss-reactive ketones (excluding diaryl/α,β-unsaturated/α-hetero) is 1. The van der Waals surface area contributed by atoms with Gasteiger partial charge in [-0.05, 0) is 35.6 Å². The number of pyridine rings is 1. The minimum absolute atomic E-state index is 0. The van der Waals surface area contributed by atoms with E-state index in [9.17, 15) is 13.2 Å². The molecule has 2 heterocycles. The molecule has 0 spiro atoms. The van der Waals surface area contributed by atoms with E-state index in [1.54, 1.807) is 19.3 Å². The number of hydrogen-bond donors (Lipinski definition) is 1. The molecule has 0 radical (unpaired) electrons. The van der Waals surface area contributed by atoms with Crippen LogP contribution in [0.15, 0.2) is 30.6 Å². The quantitative estimate of drug-likeness (QED) is 0.889. The van der Waals surface area contributed by atoms with Gasteiger partial charge in [-0.3, -0.25) is 9.78 Å². The lowest BCUT2D eigenvalue weighted by Gasteiger charge is -2.27. The van der Waals surface area contributed by atoms with Crippen molar-refractivity contribution in [2.45, 2.75) is 32.4 Å². The van der Waals surface area contributed by atoms with E-state index in [2.05, 4.69) is 9.71 Å². The minimum Gasteiger partial charge on any atom is -0.375 e. The first kappa shape index (κ1) is 17.3. The van der Waals surface area contributed by atoms with Crippen LogP contribution in [0.5, 0.6) is 0 Å². The van der Waals surface area contributed by atoms with Crippen LogP contribution >= 0.6 is 0 Å². The molecular weight excluding hydrogens is 352 g/mol. The molecule has 2 aliphatic rings. The van der Waals surface area contributed by atoms with E-state index in [-0.39, 0.29) is 19.6 Å². The number of ether oxygens (including phenoxy) is 1. The van der Waals surface area contributed by atoms with Crippen molar-refractivity contribution >= 4 is 15.8 Å². The highest BCUT2D eigenvalue weighted by molar-refractivity contribution is 7.89. The largest absolute Gasteiger partial charge is 0.375 e. The fourth-order valence-corrected chi connectivity index (χ4v) is 4.40. The van der Waals surface area contributed by atoms with Crippen LogP contribution in [0.1, 0.15) is 47.9 Å². The van der Waals surface area contributed by atoms with Gasteiger partial charge in [0.25, 0.3) is 0 Å². The van der Waals surface area contributed by atoms with Crippen molar-refractivity contribution in [3.63, 3.8) is 0 Å². The molecule has 0 fully saturated rings. The first-order valence-electron chi connectivity index (χ1n) is 8.69. The van der Waals surface area contributed by atoms with Crippen LogP contribution in [0.2, 0.25) is 0 Å². The Morgan fingerprint density at radius 3 is 2.92 bits per heavy atom. The summed E-state index contributed by atoms with van der Waals surface area (Å²) in [4.78, 5) is 16.2. The monoisotopic (exact) mass is 374 g/mol. The van der Waals surface area contributed by atoms with Gasteiger partial charge in [0.1, 0.15) is 0 Å². The highest BCUT2D eigenvalue weighted by atomic mass is 32.2. The SMILES string of the molecule is CCS(=O)(=O)NC1COCc2c(-c3ccc4c(c3)CCC4=O)cncc21.[HH]. The number of aryl methyl sites for hydroxylation is 1. The molecule has 138 valence electrons. The maximum atomic E-state index is 12.0. The number of aromatic nitrogens is 1. The molecule has 0 saturated carbocycles. The van der Waals surface area contributed by atoms with Crippen LogP contribution in [0.25, 0.3) is 11.1 Å². The highest BCUT2D eigenvalue weighted by Crippen LogP contribution is 2.35. The normalized spacial score (nSPS) is 19.3. The topological polar surface area (TPSA) is 85.4 Å². The number of ketones is 1. The van der Waals surface area contributed by atoms with E-state index >= 15 is 0 Å². The second-order valence-corrected chi connectivity index (χ2v) is 8.68. The molecule has 0 amide bonds. The molecule has 7 heteroatoms. The Kier molecular flexibility index (Phi) is 4.38. The summed E-state index contributed by atoms with van der Waals surface area (Å²) >= 11 is 0. The summed E-state index contributed by atoms with van der Waals surface area (Å²) in [6.45, 7) is 2.30. The predicted molar refractivity (Wildman–Crippen MR) is 99.4 cm³/mol. The number of nitrogens with zero attached hydrogens (tertiary/aromatic N) is 1. The van der Waals surface area contributed by atoms with Crippen LogP contribution in [0.4, 0.5) is 0 Å². The average molecular weight is 374 g/mol. The third-order valence-electron chi connectivity index (χ3n) is 5.04. The van der Waals surface area contributed by atoms with E-state index in [0.29, 0.717) is 13.0 Å². The van der Waals surface area contributed by atoms with Gasteiger partial charge in [-0.25, -0.2) is 13.1 Å². The fourth-order valence-electron chi connectivity index (χ4n) is 3.60. The van der Waals surface area contributed by atoms with Gasteiger partial charge in [-0.1, -0.05) is 18.2 Å². The van der Waals surface area contributed by atoms with E-state index in [0.717, 1.165) is 39.8 Å². The molecule has 2 aromatic rings. The number of carbonyl (C=O) groups excluding carboxylic acids is 1. The lowest BCUT2D eigenvalue weighted by molar-refractivity contribution is 0.0884. The van der Waals surface area contributed by atoms with Crippen LogP contribution in [-0.4, -0.2) is 31.5 Å². The summed E-state index contributed by atoms with van der Waals surface area (Å²) in [6, 6.07) is 5.41. The summed E-state index contributed by atoms with van der Waals surface area (Å²) in [5.41, 5.74) is 5.55. The number of benzene rings is 1. The fraction of sp³-hybridized carbons (Fsp3) is 0.368. The van der Waals surface area contributed by atoms with E-state index < -0.39 is 16.1 Å². The summed E-state index contributed by atoms with van der Waals surface area (Å²) in [6.07, 6.45) is 4.81. The standard InChI is InChI=1S/C19H20N2O4S.H2/c1-2-26(23,24)21-18-11-25-10-17-15(8-20-9-16(17)18)13-3-5-14-12(7-13)4-6-19(14)22;/h3,5,7-9,18,21H,2,4,6,10-11H2,1H3;1H. The second-order valence-electron chi connectivity index (χ2n) is 6.64. The number of fused-ring (bicyclic) bond motifs is 2. The molecule has 1 aromatic carbocycles. The molecule has 1 unspecified atom stereocenters. The van der Waals surface area contributed by atoms with Gasteiger partial charge >= 0.3 is 0 Å². The summed E-state index contributed by atoms with van der Waals surface area (Å²) in [7, 11) is -3.35. The van der Waals surface area contributed by atoms with Crippen LogP contribution < -0.4 is 4.72 Å². The predicted octanol–water partition coefficient (Wildman–Crippen LogP) is 2.63. The molecule has 0 saturated heterocycles. The zero-order valence-corrected chi connectivity index (χ0v) is 15.3. The van der Waals surface area contributed by atoms with Crippen molar-refractivity contribution in [3.05, 3.63) is 52.8 Å². The Morgan fingerprint density at radius 1 is 1.27 bits per heavy atom. The van der Waals surface area contributed by atoms with Crippen molar-refractivity contribution in [2.75, 3.05) is 12.4 Å². The molecule has 26 heavy (non-hydrogen) atoms. The van der Waals surface area contributed by atoms with Crippen molar-refractivity contribution in [3.8, 4) is 11.1 Å². The summed E-state index contributed by atoms with van der Waals surface area (Å²) in [5, 5.41) is 0. The van der Waals surface area contributed by atoms with Crippen LogP contribution in [0, 0.1) is 0 Å². The molecule has 4 rings (SSSR count). The van der Waals surface area contributed by atoms with Gasteiger partial charge in [-0.2, -0.15) is 0 Å². The average Bonchev–Trinajstić information content (AvgIpc) is 3.02. The lowest BCUT2D eigenvalue weighted by Crippen LogP contribution is -2.35. The smallest absolute Gasteiger partial charge is 0.211 e. The number of sulfonamides is 1. The minimum atomic E-state index is -3.35. The van der Waals surface area contributed by atoms with E-state index in [1.807, 2.05) is 18.2 Å². The summed E-state index contributed by atoms with van der Waals surface area (Å²) < 4.78 is 32.3. The van der Waals surface area contributed by atoms with Crippen molar-refractivity contribution < 1.29 is 19.4 Å². The Balaban J connectivity index is 0.00000210. The second kappa shape index (κ2) is 6.57. The van der Waals surface area contributed by atoms with Crippen LogP contribution in [0.3, 0.4) is 0 Å². The number of hydrogen-bond acceptors (Lipinski definition) is 5. The molecular formula is C19H22N2O4S. The van der Waals surface area contributed by atoms with Crippen molar-refractivity contribution in [1.82, 2.24) is 9.71 Å². The molecule has 1 aliphatic carbocycles. The molecule has 1 N–H and O–H groups in total. The lowest BCUT2D eigenvalue weighted by atomic mass is 9.92. The third kappa shape index (κ3) is 3.06. The van der Waals surface area contributed by atoms with Gasteiger partial charge in [-0.15, -0.1) is 0 Å². The zero-order chi connectivity index (χ0) is 18.3. The zero-order valence-electron chi connectivity index (χ0n) is 14.5. The van der Waals surface area contributed by atoms with Gasteiger partial charge < -0.3 is 4.74 Å². The Hall–Kier alpha value is -2.09. The first-order valence-corrected chi connectivity index (χ1v) is 10.3. The first-order chi connectivity index (χ1) is 12.5. The molecule has 1 atom stereocenters. The van der Waals surface area contributed by atoms with Crippen LogP contribution in [-0.2, 0) is 27.8 Å². The Morgan fingerprint density at radius 2 is 2.12 bits per heavy atom. The van der Waals surface area contributed by atoms with E-state index in [1.165, 1.54) is 0 Å². The van der Waals surface area contributed by atoms with Crippen molar-refractivity contribution in [2.24, 2.45) is 0 Å². The number of carbonyl (C=O) groups is 1. The molecule has 1 aliphatic heterocycles.